The van der Waals surface area contributed by atoms with Gasteiger partial charge < -0.3 is 0 Å². The smallest absolute Gasteiger partial charge is 0.276 e. The van der Waals surface area contributed by atoms with E-state index in [1.165, 1.54) is 0 Å². The topological polar surface area (TPSA) is 17.1 Å². The fourth-order valence-electron chi connectivity index (χ4n) is 0. The summed E-state index contributed by atoms with van der Waals surface area (Å²) >= 11 is 3.38. The van der Waals surface area contributed by atoms with Crippen molar-refractivity contribution in [1.29, 1.82) is 0 Å². The molecule has 0 aliphatic rings. The molecule has 0 unspecified atom stereocenters. The van der Waals surface area contributed by atoms with Crippen molar-refractivity contribution in [3.8, 4) is 0 Å². The van der Waals surface area contributed by atoms with E-state index in [-0.39, 0.29) is 21.3 Å². The third kappa shape index (κ3) is 26.4. The van der Waals surface area contributed by atoms with Gasteiger partial charge >= 0.3 is 19.5 Å². The van der Waals surface area contributed by atoms with Crippen molar-refractivity contribution in [2.75, 3.05) is 0 Å². The molecular weight excluding hydrogens is 383 g/mol. The Morgan fingerprint density at radius 2 is 1.40 bits per heavy atom. The van der Waals surface area contributed by atoms with E-state index in [1.54, 1.807) is 45.2 Å². The van der Waals surface area contributed by atoms with Crippen LogP contribution in [0.5, 0.6) is 0 Å². The fourth-order valence-corrected chi connectivity index (χ4v) is 0. The van der Waals surface area contributed by atoms with Gasteiger partial charge in [-0.25, -0.2) is 0 Å². The van der Waals surface area contributed by atoms with Gasteiger partial charge in [-0.1, -0.05) is 0 Å². The van der Waals surface area contributed by atoms with Crippen LogP contribution in [-0.4, -0.2) is 1.80 Å². The maximum Gasteiger partial charge on any atom is 2.00 e. The van der Waals surface area contributed by atoms with Crippen LogP contribution in [0.4, 0.5) is 4.79 Å². The minimum Gasteiger partial charge on any atom is -0.276 e. The van der Waals surface area contributed by atoms with E-state index in [4.69, 9.17) is 0 Å². The summed E-state index contributed by atoms with van der Waals surface area (Å²) in [6.45, 7) is 0. The Labute approximate surface area is 70.3 Å². The number of hydrogen-bond acceptors (Lipinski definition) is 1. The molecular formula is CI2ORu+2. The Morgan fingerprint density at radius 3 is 1.40 bits per heavy atom. The Kier molecular flexibility index (Phi) is 11.4. The summed E-state index contributed by atoms with van der Waals surface area (Å²) in [5.41, 5.74) is 0. The molecule has 0 bridgehead atoms. The summed E-state index contributed by atoms with van der Waals surface area (Å²) < 4.78 is 0.107. The van der Waals surface area contributed by atoms with Crippen LogP contribution in [0.25, 0.3) is 0 Å². The molecule has 0 atom stereocenters. The fraction of sp³-hybridized carbons (Fsp3) is 0. The van der Waals surface area contributed by atoms with Crippen molar-refractivity contribution in [3.63, 3.8) is 0 Å². The van der Waals surface area contributed by atoms with Gasteiger partial charge in [-0.05, 0) is 0 Å². The van der Waals surface area contributed by atoms with Gasteiger partial charge in [0.1, 0.15) is 0 Å². The van der Waals surface area contributed by atoms with Crippen molar-refractivity contribution in [1.82, 2.24) is 0 Å². The first kappa shape index (κ1) is 9.89. The van der Waals surface area contributed by atoms with Gasteiger partial charge in [0, 0.05) is 45.2 Å². The molecule has 0 saturated carbocycles. The normalized spacial score (nSPS) is 5.20. The average molecular weight is 383 g/mol. The van der Waals surface area contributed by atoms with Crippen LogP contribution < -0.4 is 0 Å². The first-order chi connectivity index (χ1) is 1.73. The first-order valence-corrected chi connectivity index (χ1v) is 2.74. The van der Waals surface area contributed by atoms with Crippen LogP contribution in [0.15, 0.2) is 0 Å². The van der Waals surface area contributed by atoms with Gasteiger partial charge in [-0.15, -0.1) is 0 Å². The van der Waals surface area contributed by atoms with E-state index in [1.807, 2.05) is 0 Å². The number of rotatable bonds is 0. The summed E-state index contributed by atoms with van der Waals surface area (Å²) in [7, 11) is 0. The predicted octanol–water partition coefficient (Wildman–Crippen LogP) is 1.97. The van der Waals surface area contributed by atoms with E-state index in [2.05, 4.69) is 0 Å². The molecule has 30 valence electrons. The van der Waals surface area contributed by atoms with Crippen molar-refractivity contribution < 1.29 is 24.3 Å². The summed E-state index contributed by atoms with van der Waals surface area (Å²) in [4.78, 5) is 9.42. The van der Waals surface area contributed by atoms with Gasteiger partial charge in [0.15, 0.2) is 0 Å². The molecule has 0 rings (SSSR count). The summed E-state index contributed by atoms with van der Waals surface area (Å²) in [5.74, 6) is 0. The molecule has 5 heavy (non-hydrogen) atoms. The van der Waals surface area contributed by atoms with Gasteiger partial charge in [-0.2, -0.15) is 0 Å². The van der Waals surface area contributed by atoms with Gasteiger partial charge in [-0.3, -0.25) is 4.79 Å². The predicted molar refractivity (Wildman–Crippen MR) is 33.4 cm³/mol. The zero-order valence-corrected chi connectivity index (χ0v) is 8.07. The quantitative estimate of drug-likeness (QED) is 0.356. The minimum absolute atomic E-state index is 0. The molecule has 0 radical (unpaired) electrons. The average Bonchev–Trinajstić information content (AvgIpc) is 0.811. The zero-order valence-electron chi connectivity index (χ0n) is 2.02. The molecule has 0 amide bonds. The van der Waals surface area contributed by atoms with Gasteiger partial charge in [0.2, 0.25) is 0 Å². The van der Waals surface area contributed by atoms with Gasteiger partial charge in [0.25, 0.3) is 1.80 Å². The molecule has 0 aromatic rings. The third-order valence-corrected chi connectivity index (χ3v) is 0. The molecule has 0 fully saturated rings. The Morgan fingerprint density at radius 1 is 1.40 bits per heavy atom. The number of carbonyl (C=O) groups excluding carboxylic acids is 1. The van der Waals surface area contributed by atoms with Crippen molar-refractivity contribution in [2.24, 2.45) is 0 Å². The number of halogens is 2. The molecule has 0 aliphatic heterocycles. The maximum absolute atomic E-state index is 9.42. The molecule has 0 saturated heterocycles. The Bertz CT molecular complexity index is 32.6. The minimum atomic E-state index is 0. The second kappa shape index (κ2) is 5.75. The molecule has 0 heterocycles. The van der Waals surface area contributed by atoms with Crippen molar-refractivity contribution in [3.05, 3.63) is 0 Å². The van der Waals surface area contributed by atoms with E-state index < -0.39 is 0 Å². The summed E-state index contributed by atoms with van der Waals surface area (Å²) in [5, 5.41) is 0. The second-order valence-electron chi connectivity index (χ2n) is 0.226. The molecule has 0 aliphatic carbocycles. The molecule has 0 N–H and O–H groups in total. The monoisotopic (exact) mass is 384 g/mol. The summed E-state index contributed by atoms with van der Waals surface area (Å²) in [6, 6.07) is 0. The van der Waals surface area contributed by atoms with Crippen LogP contribution in [-0.2, 0) is 19.5 Å². The standard InChI is InChI=1S/CI2O.Ru/c2-1(3)4;/q;+2. The number of carbonyl (C=O) groups is 1. The van der Waals surface area contributed by atoms with Crippen molar-refractivity contribution in [2.45, 2.75) is 0 Å². The molecule has 0 spiro atoms. The van der Waals surface area contributed by atoms with Crippen LogP contribution in [0.3, 0.4) is 0 Å². The molecule has 0 aromatic carbocycles. The first-order valence-electron chi connectivity index (χ1n) is 0.582. The molecule has 4 heteroatoms. The zero-order chi connectivity index (χ0) is 3.58. The molecule has 1 nitrogen and oxygen atoms in total. The number of hydrogen-bond donors (Lipinski definition) is 0. The maximum atomic E-state index is 9.42. The third-order valence-electron chi connectivity index (χ3n) is 0. The molecule has 0 aromatic heterocycles. The second-order valence-corrected chi connectivity index (χ2v) is 4.25. The van der Waals surface area contributed by atoms with E-state index >= 15 is 0 Å². The van der Waals surface area contributed by atoms with Crippen LogP contribution >= 0.6 is 45.2 Å². The van der Waals surface area contributed by atoms with E-state index in [9.17, 15) is 4.79 Å². The summed E-state index contributed by atoms with van der Waals surface area (Å²) in [6.07, 6.45) is 0. The Balaban J connectivity index is 0. The Hall–Kier alpha value is 1.75. The van der Waals surface area contributed by atoms with Crippen LogP contribution in [0, 0.1) is 0 Å². The van der Waals surface area contributed by atoms with E-state index in [0.717, 1.165) is 0 Å². The SMILES string of the molecule is O=C(I)I.[Ru+2]. The van der Waals surface area contributed by atoms with Gasteiger partial charge in [0.05, 0.1) is 0 Å². The van der Waals surface area contributed by atoms with E-state index in [0.29, 0.717) is 0 Å². The van der Waals surface area contributed by atoms with Crippen LogP contribution in [0.1, 0.15) is 0 Å². The largest absolute Gasteiger partial charge is 2.00 e. The van der Waals surface area contributed by atoms with Crippen molar-refractivity contribution >= 4 is 47.0 Å². The van der Waals surface area contributed by atoms with Crippen LogP contribution in [0.2, 0.25) is 0 Å².